The molecule has 2 rings (SSSR count). The molecule has 2 aromatic rings. The molecular formula is C10H14N6O. The molecule has 0 radical (unpaired) electrons. The van der Waals surface area contributed by atoms with Crippen LogP contribution in [-0.4, -0.2) is 26.7 Å². The maximum Gasteiger partial charge on any atom is 0.213 e. The van der Waals surface area contributed by atoms with Crippen LogP contribution in [0, 0.1) is 6.92 Å². The van der Waals surface area contributed by atoms with Gasteiger partial charge in [-0.3, -0.25) is 0 Å². The van der Waals surface area contributed by atoms with Crippen molar-refractivity contribution in [3.05, 3.63) is 24.1 Å². The van der Waals surface area contributed by atoms with E-state index in [-0.39, 0.29) is 0 Å². The molecule has 0 unspecified atom stereocenters. The summed E-state index contributed by atoms with van der Waals surface area (Å²) in [5.41, 5.74) is 0. The Hall–Kier alpha value is -2.18. The van der Waals surface area contributed by atoms with Gasteiger partial charge in [-0.25, -0.2) is 9.97 Å². The Morgan fingerprint density at radius 3 is 2.65 bits per heavy atom. The molecule has 2 heterocycles. The number of nitrogens with zero attached hydrogens (tertiary/aromatic N) is 4. The lowest BCUT2D eigenvalue weighted by atomic mass is 10.4. The third kappa shape index (κ3) is 3.13. The van der Waals surface area contributed by atoms with Crippen molar-refractivity contribution in [2.24, 2.45) is 0 Å². The number of hydrogen-bond donors (Lipinski definition) is 2. The molecular weight excluding hydrogens is 220 g/mol. The van der Waals surface area contributed by atoms with Crippen LogP contribution in [0.4, 0.5) is 11.6 Å². The van der Waals surface area contributed by atoms with Crippen molar-refractivity contribution < 1.29 is 4.52 Å². The van der Waals surface area contributed by atoms with Crippen molar-refractivity contribution in [1.82, 2.24) is 20.1 Å². The van der Waals surface area contributed by atoms with Gasteiger partial charge >= 0.3 is 0 Å². The minimum absolute atomic E-state index is 0.471. The lowest BCUT2D eigenvalue weighted by Gasteiger charge is -2.07. The van der Waals surface area contributed by atoms with Gasteiger partial charge in [0.05, 0.1) is 6.54 Å². The maximum atomic E-state index is 4.64. The second-order valence-electron chi connectivity index (χ2n) is 3.42. The third-order valence-electron chi connectivity index (χ3n) is 2.03. The van der Waals surface area contributed by atoms with Gasteiger partial charge in [-0.2, -0.15) is 4.98 Å². The van der Waals surface area contributed by atoms with Crippen molar-refractivity contribution in [3.63, 3.8) is 0 Å². The fourth-order valence-electron chi connectivity index (χ4n) is 1.37. The molecule has 0 aliphatic rings. The SMILES string of the molecule is CCNc1cc(NCc2ncon2)nc(C)n1. The zero-order valence-corrected chi connectivity index (χ0v) is 9.77. The summed E-state index contributed by atoms with van der Waals surface area (Å²) in [6.07, 6.45) is 1.30. The Morgan fingerprint density at radius 2 is 2.00 bits per heavy atom. The molecule has 0 saturated heterocycles. The van der Waals surface area contributed by atoms with Crippen molar-refractivity contribution in [3.8, 4) is 0 Å². The lowest BCUT2D eigenvalue weighted by molar-refractivity contribution is 0.411. The second kappa shape index (κ2) is 5.24. The molecule has 2 aromatic heterocycles. The molecule has 0 fully saturated rings. The lowest BCUT2D eigenvalue weighted by Crippen LogP contribution is -2.07. The van der Waals surface area contributed by atoms with Gasteiger partial charge in [0.25, 0.3) is 0 Å². The van der Waals surface area contributed by atoms with Crippen molar-refractivity contribution in [2.75, 3.05) is 17.2 Å². The average molecular weight is 234 g/mol. The number of anilines is 2. The molecule has 0 bridgehead atoms. The predicted octanol–water partition coefficient (Wildman–Crippen LogP) is 1.21. The third-order valence-corrected chi connectivity index (χ3v) is 2.03. The van der Waals surface area contributed by atoms with Crippen molar-refractivity contribution in [1.29, 1.82) is 0 Å². The first kappa shape index (κ1) is 11.3. The number of aryl methyl sites for hydroxylation is 1. The summed E-state index contributed by atoms with van der Waals surface area (Å²) in [6, 6.07) is 1.84. The zero-order valence-electron chi connectivity index (χ0n) is 9.77. The summed E-state index contributed by atoms with van der Waals surface area (Å²) in [5.74, 6) is 2.83. The van der Waals surface area contributed by atoms with E-state index in [0.29, 0.717) is 18.2 Å². The highest BCUT2D eigenvalue weighted by atomic mass is 16.5. The fraction of sp³-hybridized carbons (Fsp3) is 0.400. The number of rotatable bonds is 5. The molecule has 0 atom stereocenters. The molecule has 0 spiro atoms. The highest BCUT2D eigenvalue weighted by Crippen LogP contribution is 2.11. The Balaban J connectivity index is 2.04. The Morgan fingerprint density at radius 1 is 1.24 bits per heavy atom. The smallest absolute Gasteiger partial charge is 0.213 e. The van der Waals surface area contributed by atoms with E-state index in [4.69, 9.17) is 0 Å². The standard InChI is InChI=1S/C10H14N6O/c1-3-11-8-4-9(15-7(2)14-8)12-5-10-13-6-17-16-10/h4,6H,3,5H2,1-2H3,(H2,11,12,14,15). The monoisotopic (exact) mass is 234 g/mol. The summed E-state index contributed by atoms with van der Waals surface area (Å²) >= 11 is 0. The molecule has 7 heteroatoms. The van der Waals surface area contributed by atoms with Gasteiger partial charge in [0, 0.05) is 12.6 Å². The van der Waals surface area contributed by atoms with E-state index in [1.165, 1.54) is 6.39 Å². The van der Waals surface area contributed by atoms with Crippen LogP contribution in [-0.2, 0) is 6.54 Å². The van der Waals surface area contributed by atoms with Gasteiger partial charge in [0.15, 0.2) is 5.82 Å². The van der Waals surface area contributed by atoms with Crippen LogP contribution in [0.2, 0.25) is 0 Å². The van der Waals surface area contributed by atoms with E-state index in [1.807, 2.05) is 19.9 Å². The molecule has 0 amide bonds. The molecule has 0 aromatic carbocycles. The van der Waals surface area contributed by atoms with Gasteiger partial charge in [-0.1, -0.05) is 5.16 Å². The van der Waals surface area contributed by atoms with E-state index in [9.17, 15) is 0 Å². The van der Waals surface area contributed by atoms with E-state index in [1.54, 1.807) is 0 Å². The second-order valence-corrected chi connectivity index (χ2v) is 3.42. The number of aromatic nitrogens is 4. The Labute approximate surface area is 98.7 Å². The van der Waals surface area contributed by atoms with Crippen LogP contribution in [0.25, 0.3) is 0 Å². The van der Waals surface area contributed by atoms with Crippen LogP contribution in [0.5, 0.6) is 0 Å². The Bertz CT molecular complexity index is 470. The van der Waals surface area contributed by atoms with Gasteiger partial charge in [0.2, 0.25) is 6.39 Å². The van der Waals surface area contributed by atoms with E-state index in [2.05, 4.69) is 35.3 Å². The molecule has 2 N–H and O–H groups in total. The number of hydrogen-bond acceptors (Lipinski definition) is 7. The largest absolute Gasteiger partial charge is 0.370 e. The molecule has 0 aliphatic carbocycles. The van der Waals surface area contributed by atoms with E-state index in [0.717, 1.165) is 18.2 Å². The number of nitrogens with one attached hydrogen (secondary N) is 2. The first-order valence-electron chi connectivity index (χ1n) is 5.36. The molecule has 90 valence electrons. The average Bonchev–Trinajstić information content (AvgIpc) is 2.79. The summed E-state index contributed by atoms with van der Waals surface area (Å²) in [5, 5.41) is 9.96. The minimum atomic E-state index is 0.471. The topological polar surface area (TPSA) is 88.8 Å². The van der Waals surface area contributed by atoms with Gasteiger partial charge in [-0.05, 0) is 13.8 Å². The van der Waals surface area contributed by atoms with Crippen molar-refractivity contribution in [2.45, 2.75) is 20.4 Å². The van der Waals surface area contributed by atoms with Gasteiger partial charge < -0.3 is 15.2 Å². The van der Waals surface area contributed by atoms with Crippen LogP contribution in [0.15, 0.2) is 17.0 Å². The first-order valence-corrected chi connectivity index (χ1v) is 5.36. The highest BCUT2D eigenvalue weighted by Gasteiger charge is 2.02. The van der Waals surface area contributed by atoms with Crippen LogP contribution in [0.1, 0.15) is 18.6 Å². The highest BCUT2D eigenvalue weighted by molar-refractivity contribution is 5.47. The van der Waals surface area contributed by atoms with Gasteiger partial charge in [0.1, 0.15) is 17.5 Å². The molecule has 7 nitrogen and oxygen atoms in total. The molecule has 0 saturated carbocycles. The summed E-state index contributed by atoms with van der Waals surface area (Å²) in [6.45, 7) is 5.16. The van der Waals surface area contributed by atoms with Crippen LogP contribution >= 0.6 is 0 Å². The first-order chi connectivity index (χ1) is 8.28. The quantitative estimate of drug-likeness (QED) is 0.803. The maximum absolute atomic E-state index is 4.64. The van der Waals surface area contributed by atoms with Crippen LogP contribution in [0.3, 0.4) is 0 Å². The molecule has 17 heavy (non-hydrogen) atoms. The summed E-state index contributed by atoms with van der Waals surface area (Å²) in [7, 11) is 0. The normalized spacial score (nSPS) is 10.2. The van der Waals surface area contributed by atoms with Crippen LogP contribution < -0.4 is 10.6 Å². The summed E-state index contributed by atoms with van der Waals surface area (Å²) < 4.78 is 4.64. The van der Waals surface area contributed by atoms with Gasteiger partial charge in [-0.15, -0.1) is 0 Å². The fourth-order valence-corrected chi connectivity index (χ4v) is 1.37. The predicted molar refractivity (Wildman–Crippen MR) is 62.6 cm³/mol. The minimum Gasteiger partial charge on any atom is -0.370 e. The summed E-state index contributed by atoms with van der Waals surface area (Å²) in [4.78, 5) is 12.4. The zero-order chi connectivity index (χ0) is 12.1. The van der Waals surface area contributed by atoms with E-state index >= 15 is 0 Å². The van der Waals surface area contributed by atoms with Crippen molar-refractivity contribution >= 4 is 11.6 Å². The molecule has 0 aliphatic heterocycles. The Kier molecular flexibility index (Phi) is 3.49. The van der Waals surface area contributed by atoms with E-state index < -0.39 is 0 Å².